The van der Waals surface area contributed by atoms with Crippen LogP contribution in [0.1, 0.15) is 24.2 Å². The molecule has 3 amide bonds. The summed E-state index contributed by atoms with van der Waals surface area (Å²) in [6.07, 6.45) is 3.40. The first-order valence-electron chi connectivity index (χ1n) is 9.78. The van der Waals surface area contributed by atoms with E-state index in [1.54, 1.807) is 29.2 Å². The van der Waals surface area contributed by atoms with Crippen molar-refractivity contribution in [2.75, 3.05) is 43.1 Å². The van der Waals surface area contributed by atoms with Crippen molar-refractivity contribution in [1.82, 2.24) is 14.8 Å². The molecule has 0 saturated carbocycles. The number of pyridine rings is 1. The molecule has 2 aromatic rings. The molecule has 3 rings (SSSR count). The second-order valence-corrected chi connectivity index (χ2v) is 8.59. The molecule has 1 fully saturated rings. The molecule has 1 aromatic carbocycles. The molecule has 0 spiro atoms. The number of anilines is 2. The van der Waals surface area contributed by atoms with Crippen LogP contribution in [0.4, 0.5) is 16.3 Å². The van der Waals surface area contributed by atoms with Gasteiger partial charge >= 0.3 is 6.03 Å². The standard InChI is InChI=1S/C21H26ClN5O2S/c1-14(2)26-8-10-27(11-9-26)21(29)24-18-6-5-16(30-3)12-17(18)20(28)25-19-7-4-15(22)13-23-19/h4-7,12-14H,8-11H2,1-3H3,(H,24,29)(H,23,25,28). The molecule has 0 radical (unpaired) electrons. The Labute approximate surface area is 186 Å². The van der Waals surface area contributed by atoms with E-state index in [1.165, 1.54) is 18.0 Å². The van der Waals surface area contributed by atoms with Crippen LogP contribution < -0.4 is 10.6 Å². The molecule has 9 heteroatoms. The summed E-state index contributed by atoms with van der Waals surface area (Å²) in [5, 5.41) is 6.16. The van der Waals surface area contributed by atoms with Gasteiger partial charge in [0.25, 0.3) is 5.91 Å². The number of benzene rings is 1. The fourth-order valence-corrected chi connectivity index (χ4v) is 3.77. The molecule has 0 atom stereocenters. The topological polar surface area (TPSA) is 77.6 Å². The van der Waals surface area contributed by atoms with Crippen molar-refractivity contribution in [3.8, 4) is 0 Å². The van der Waals surface area contributed by atoms with Crippen LogP contribution in [-0.4, -0.2) is 65.2 Å². The summed E-state index contributed by atoms with van der Waals surface area (Å²) in [5.74, 6) is 0.0432. The van der Waals surface area contributed by atoms with Gasteiger partial charge in [0.05, 0.1) is 16.3 Å². The average molecular weight is 448 g/mol. The van der Waals surface area contributed by atoms with Crippen molar-refractivity contribution in [1.29, 1.82) is 0 Å². The van der Waals surface area contributed by atoms with Crippen LogP contribution in [0.5, 0.6) is 0 Å². The van der Waals surface area contributed by atoms with Gasteiger partial charge in [-0.2, -0.15) is 0 Å². The number of nitrogens with zero attached hydrogens (tertiary/aromatic N) is 3. The predicted molar refractivity (Wildman–Crippen MR) is 123 cm³/mol. The number of rotatable bonds is 5. The van der Waals surface area contributed by atoms with Gasteiger partial charge in [-0.05, 0) is 50.4 Å². The second-order valence-electron chi connectivity index (χ2n) is 7.27. The number of amides is 3. The van der Waals surface area contributed by atoms with Gasteiger partial charge in [-0.25, -0.2) is 9.78 Å². The molecular weight excluding hydrogens is 422 g/mol. The van der Waals surface area contributed by atoms with Crippen molar-refractivity contribution in [3.05, 3.63) is 47.1 Å². The molecule has 1 aromatic heterocycles. The summed E-state index contributed by atoms with van der Waals surface area (Å²) in [6, 6.07) is 8.96. The van der Waals surface area contributed by atoms with E-state index in [-0.39, 0.29) is 11.9 Å². The average Bonchev–Trinajstić information content (AvgIpc) is 2.75. The lowest BCUT2D eigenvalue weighted by Gasteiger charge is -2.36. The Bertz CT molecular complexity index is 899. The van der Waals surface area contributed by atoms with Crippen LogP contribution in [0.3, 0.4) is 0 Å². The van der Waals surface area contributed by atoms with Crippen molar-refractivity contribution in [2.24, 2.45) is 0 Å². The van der Waals surface area contributed by atoms with Crippen molar-refractivity contribution < 1.29 is 9.59 Å². The fourth-order valence-electron chi connectivity index (χ4n) is 3.22. The zero-order valence-corrected chi connectivity index (χ0v) is 18.9. The Morgan fingerprint density at radius 1 is 1.10 bits per heavy atom. The number of aromatic nitrogens is 1. The zero-order chi connectivity index (χ0) is 21.7. The van der Waals surface area contributed by atoms with Crippen LogP contribution in [0.2, 0.25) is 5.02 Å². The van der Waals surface area contributed by atoms with Crippen molar-refractivity contribution in [3.63, 3.8) is 0 Å². The Morgan fingerprint density at radius 2 is 1.83 bits per heavy atom. The number of carbonyl (C=O) groups is 2. The molecule has 0 unspecified atom stereocenters. The highest BCUT2D eigenvalue weighted by atomic mass is 35.5. The summed E-state index contributed by atoms with van der Waals surface area (Å²) in [6.45, 7) is 7.30. The largest absolute Gasteiger partial charge is 0.322 e. The molecular formula is C21H26ClN5O2S. The normalized spacial score (nSPS) is 14.6. The van der Waals surface area contributed by atoms with E-state index >= 15 is 0 Å². The van der Waals surface area contributed by atoms with E-state index in [0.717, 1.165) is 18.0 Å². The van der Waals surface area contributed by atoms with Gasteiger partial charge < -0.3 is 15.5 Å². The Kier molecular flexibility index (Phi) is 7.58. The van der Waals surface area contributed by atoms with Gasteiger partial charge in [-0.3, -0.25) is 9.69 Å². The van der Waals surface area contributed by atoms with Crippen LogP contribution >= 0.6 is 23.4 Å². The second kappa shape index (κ2) is 10.1. The van der Waals surface area contributed by atoms with E-state index in [1.807, 2.05) is 12.3 Å². The van der Waals surface area contributed by atoms with Crippen LogP contribution in [0.15, 0.2) is 41.4 Å². The number of thioether (sulfide) groups is 1. The first-order chi connectivity index (χ1) is 14.4. The monoisotopic (exact) mass is 447 g/mol. The maximum absolute atomic E-state index is 12.9. The van der Waals surface area contributed by atoms with E-state index < -0.39 is 0 Å². The number of piperazine rings is 1. The third-order valence-corrected chi connectivity index (χ3v) is 5.96. The maximum Gasteiger partial charge on any atom is 0.321 e. The minimum absolute atomic E-state index is 0.200. The van der Waals surface area contributed by atoms with Gasteiger partial charge in [-0.1, -0.05) is 11.6 Å². The van der Waals surface area contributed by atoms with Crippen LogP contribution in [0, 0.1) is 0 Å². The highest BCUT2D eigenvalue weighted by molar-refractivity contribution is 7.98. The van der Waals surface area contributed by atoms with Gasteiger partial charge in [0.2, 0.25) is 0 Å². The third-order valence-electron chi connectivity index (χ3n) is 5.01. The highest BCUT2D eigenvalue weighted by Gasteiger charge is 2.24. The van der Waals surface area contributed by atoms with Crippen LogP contribution in [0.25, 0.3) is 0 Å². The summed E-state index contributed by atoms with van der Waals surface area (Å²) in [4.78, 5) is 34.9. The van der Waals surface area contributed by atoms with Gasteiger partial charge in [0.1, 0.15) is 5.82 Å². The van der Waals surface area contributed by atoms with Gasteiger partial charge in [0, 0.05) is 43.3 Å². The molecule has 0 bridgehead atoms. The van der Waals surface area contributed by atoms with E-state index in [2.05, 4.69) is 34.4 Å². The van der Waals surface area contributed by atoms with E-state index in [0.29, 0.717) is 41.2 Å². The lowest BCUT2D eigenvalue weighted by Crippen LogP contribution is -2.51. The molecule has 1 aliphatic rings. The van der Waals surface area contributed by atoms with E-state index in [4.69, 9.17) is 11.6 Å². The van der Waals surface area contributed by atoms with Crippen molar-refractivity contribution in [2.45, 2.75) is 24.8 Å². The Hall–Kier alpha value is -2.29. The molecule has 160 valence electrons. The molecule has 7 nitrogen and oxygen atoms in total. The number of halogens is 1. The summed E-state index contributed by atoms with van der Waals surface area (Å²) >= 11 is 7.38. The SMILES string of the molecule is CSc1ccc(NC(=O)N2CCN(C(C)C)CC2)c(C(=O)Nc2ccc(Cl)cn2)c1. The smallest absolute Gasteiger partial charge is 0.321 e. The van der Waals surface area contributed by atoms with E-state index in [9.17, 15) is 9.59 Å². The molecule has 1 aliphatic heterocycles. The number of hydrogen-bond acceptors (Lipinski definition) is 5. The quantitative estimate of drug-likeness (QED) is 0.669. The predicted octanol–water partition coefficient (Wildman–Crippen LogP) is 4.27. The first-order valence-corrected chi connectivity index (χ1v) is 11.4. The number of carbonyl (C=O) groups excluding carboxylic acids is 2. The zero-order valence-electron chi connectivity index (χ0n) is 17.3. The minimum atomic E-state index is -0.347. The molecule has 30 heavy (non-hydrogen) atoms. The first kappa shape index (κ1) is 22.4. The number of nitrogens with one attached hydrogen (secondary N) is 2. The highest BCUT2D eigenvalue weighted by Crippen LogP contribution is 2.25. The van der Waals surface area contributed by atoms with Crippen molar-refractivity contribution >= 4 is 46.8 Å². The van der Waals surface area contributed by atoms with Gasteiger partial charge in [-0.15, -0.1) is 11.8 Å². The fraction of sp³-hybridized carbons (Fsp3) is 0.381. The maximum atomic E-state index is 12.9. The van der Waals surface area contributed by atoms with Gasteiger partial charge in [0.15, 0.2) is 0 Å². The number of hydrogen-bond donors (Lipinski definition) is 2. The Morgan fingerprint density at radius 3 is 2.43 bits per heavy atom. The summed E-state index contributed by atoms with van der Waals surface area (Å²) < 4.78 is 0. The molecule has 2 heterocycles. The summed E-state index contributed by atoms with van der Waals surface area (Å²) in [5.41, 5.74) is 0.850. The summed E-state index contributed by atoms with van der Waals surface area (Å²) in [7, 11) is 0. The molecule has 1 saturated heterocycles. The molecule has 0 aliphatic carbocycles. The third kappa shape index (κ3) is 5.65. The minimum Gasteiger partial charge on any atom is -0.322 e. The lowest BCUT2D eigenvalue weighted by atomic mass is 10.1. The Balaban J connectivity index is 1.73. The molecule has 2 N–H and O–H groups in total. The lowest BCUT2D eigenvalue weighted by molar-refractivity contribution is 0.102. The van der Waals surface area contributed by atoms with Crippen LogP contribution in [-0.2, 0) is 0 Å². The number of urea groups is 1.